The second kappa shape index (κ2) is 6.11. The number of hydrogen-bond donors (Lipinski definition) is 2. The summed E-state index contributed by atoms with van der Waals surface area (Å²) in [5.41, 5.74) is 5.40. The van der Waals surface area contributed by atoms with Crippen molar-refractivity contribution in [2.24, 2.45) is 5.73 Å². The van der Waals surface area contributed by atoms with Crippen molar-refractivity contribution >= 4 is 0 Å². The van der Waals surface area contributed by atoms with Gasteiger partial charge in [-0.15, -0.1) is 0 Å². The molecule has 0 amide bonds. The Kier molecular flexibility index (Phi) is 4.25. The standard InChI is InChI=1S/C12H15FN4O/c13-9-4-1-2-5-10(9)18-8-12-15-11(16-17-12)6-3-7-14/h1-2,4-5H,3,6-8,14H2,(H,15,16,17). The molecule has 1 heterocycles. The molecule has 3 N–H and O–H groups in total. The first kappa shape index (κ1) is 12.5. The second-order valence-corrected chi connectivity index (χ2v) is 3.81. The molecule has 0 atom stereocenters. The van der Waals surface area contributed by atoms with E-state index in [9.17, 15) is 4.39 Å². The number of H-pyrrole nitrogens is 1. The van der Waals surface area contributed by atoms with Crippen molar-refractivity contribution in [1.82, 2.24) is 15.2 Å². The first-order chi connectivity index (χ1) is 8.79. The lowest BCUT2D eigenvalue weighted by Crippen LogP contribution is -2.02. The molecule has 0 unspecified atom stereocenters. The smallest absolute Gasteiger partial charge is 0.165 e. The average Bonchev–Trinajstić information content (AvgIpc) is 2.83. The predicted octanol–water partition coefficient (Wildman–Crippen LogP) is 1.41. The Balaban J connectivity index is 1.90. The zero-order valence-electron chi connectivity index (χ0n) is 9.90. The summed E-state index contributed by atoms with van der Waals surface area (Å²) >= 11 is 0. The molecule has 5 nitrogen and oxygen atoms in total. The van der Waals surface area contributed by atoms with Crippen molar-refractivity contribution in [3.63, 3.8) is 0 Å². The van der Waals surface area contributed by atoms with E-state index in [0.717, 1.165) is 12.8 Å². The van der Waals surface area contributed by atoms with E-state index >= 15 is 0 Å². The van der Waals surface area contributed by atoms with Crippen molar-refractivity contribution in [3.05, 3.63) is 41.7 Å². The molecule has 6 heteroatoms. The van der Waals surface area contributed by atoms with Gasteiger partial charge in [-0.2, -0.15) is 5.10 Å². The van der Waals surface area contributed by atoms with Gasteiger partial charge in [-0.3, -0.25) is 5.10 Å². The Labute approximate surface area is 104 Å². The van der Waals surface area contributed by atoms with Crippen LogP contribution in [0.2, 0.25) is 0 Å². The van der Waals surface area contributed by atoms with Crippen molar-refractivity contribution in [2.75, 3.05) is 6.54 Å². The van der Waals surface area contributed by atoms with Gasteiger partial charge in [0.05, 0.1) is 0 Å². The summed E-state index contributed by atoms with van der Waals surface area (Å²) in [6, 6.07) is 6.25. The van der Waals surface area contributed by atoms with Crippen LogP contribution in [0.15, 0.2) is 24.3 Å². The molecule has 1 aromatic heterocycles. The van der Waals surface area contributed by atoms with Crippen LogP contribution in [0, 0.1) is 5.82 Å². The topological polar surface area (TPSA) is 76.8 Å². The van der Waals surface area contributed by atoms with Crippen molar-refractivity contribution in [1.29, 1.82) is 0 Å². The largest absolute Gasteiger partial charge is 0.483 e. The molecule has 0 aliphatic heterocycles. The molecule has 0 bridgehead atoms. The van der Waals surface area contributed by atoms with E-state index in [1.807, 2.05) is 0 Å². The number of aromatic amines is 1. The van der Waals surface area contributed by atoms with Crippen LogP contribution in [0.1, 0.15) is 18.1 Å². The highest BCUT2D eigenvalue weighted by Gasteiger charge is 2.05. The summed E-state index contributed by atoms with van der Waals surface area (Å²) < 4.78 is 18.6. The molecule has 0 fully saturated rings. The molecular weight excluding hydrogens is 235 g/mol. The van der Waals surface area contributed by atoms with Crippen molar-refractivity contribution in [2.45, 2.75) is 19.4 Å². The lowest BCUT2D eigenvalue weighted by atomic mass is 10.3. The predicted molar refractivity (Wildman–Crippen MR) is 64.5 cm³/mol. The summed E-state index contributed by atoms with van der Waals surface area (Å²) in [6.07, 6.45) is 1.57. The third-order valence-corrected chi connectivity index (χ3v) is 2.38. The third kappa shape index (κ3) is 3.27. The van der Waals surface area contributed by atoms with Crippen LogP contribution in [0.25, 0.3) is 0 Å². The summed E-state index contributed by atoms with van der Waals surface area (Å²) in [5, 5.41) is 6.78. The van der Waals surface area contributed by atoms with Crippen LogP contribution in [0.4, 0.5) is 4.39 Å². The minimum atomic E-state index is -0.389. The molecule has 1 aromatic carbocycles. The van der Waals surface area contributed by atoms with E-state index < -0.39 is 0 Å². The normalized spacial score (nSPS) is 10.6. The minimum absolute atomic E-state index is 0.163. The number of ether oxygens (including phenoxy) is 1. The Morgan fingerprint density at radius 1 is 1.33 bits per heavy atom. The molecule has 18 heavy (non-hydrogen) atoms. The van der Waals surface area contributed by atoms with Gasteiger partial charge in [0.2, 0.25) is 0 Å². The number of nitrogens with zero attached hydrogens (tertiary/aromatic N) is 2. The lowest BCUT2D eigenvalue weighted by molar-refractivity contribution is 0.281. The van der Waals surface area contributed by atoms with Gasteiger partial charge in [-0.25, -0.2) is 9.37 Å². The van der Waals surface area contributed by atoms with Crippen molar-refractivity contribution in [3.8, 4) is 5.75 Å². The number of nitrogens with one attached hydrogen (secondary N) is 1. The molecule has 0 aliphatic carbocycles. The molecule has 2 aromatic rings. The maximum atomic E-state index is 13.3. The number of halogens is 1. The van der Waals surface area contributed by atoms with Crippen LogP contribution < -0.4 is 10.5 Å². The monoisotopic (exact) mass is 250 g/mol. The second-order valence-electron chi connectivity index (χ2n) is 3.81. The Bertz CT molecular complexity index is 500. The Hall–Kier alpha value is -1.95. The fourth-order valence-corrected chi connectivity index (χ4v) is 1.48. The zero-order valence-corrected chi connectivity index (χ0v) is 9.90. The molecule has 0 saturated carbocycles. The van der Waals surface area contributed by atoms with E-state index in [4.69, 9.17) is 10.5 Å². The first-order valence-corrected chi connectivity index (χ1v) is 5.77. The molecule has 0 spiro atoms. The van der Waals surface area contributed by atoms with E-state index in [2.05, 4.69) is 15.2 Å². The number of aromatic nitrogens is 3. The van der Waals surface area contributed by atoms with Crippen LogP contribution in [-0.2, 0) is 13.0 Å². The zero-order chi connectivity index (χ0) is 12.8. The van der Waals surface area contributed by atoms with Gasteiger partial charge >= 0.3 is 0 Å². The maximum Gasteiger partial charge on any atom is 0.165 e. The summed E-state index contributed by atoms with van der Waals surface area (Å²) in [4.78, 5) is 4.22. The number of nitrogens with two attached hydrogens (primary N) is 1. The highest BCUT2D eigenvalue weighted by molar-refractivity contribution is 5.23. The van der Waals surface area contributed by atoms with Crippen LogP contribution in [-0.4, -0.2) is 21.7 Å². The number of hydrogen-bond acceptors (Lipinski definition) is 4. The molecule has 96 valence electrons. The fraction of sp³-hybridized carbons (Fsp3) is 0.333. The maximum absolute atomic E-state index is 13.3. The number of para-hydroxylation sites is 1. The van der Waals surface area contributed by atoms with Gasteiger partial charge in [0.25, 0.3) is 0 Å². The fourth-order valence-electron chi connectivity index (χ4n) is 1.48. The summed E-state index contributed by atoms with van der Waals surface area (Å²) in [5.74, 6) is 1.09. The minimum Gasteiger partial charge on any atom is -0.483 e. The molecule has 0 saturated heterocycles. The van der Waals surface area contributed by atoms with Gasteiger partial charge in [-0.1, -0.05) is 12.1 Å². The number of benzene rings is 1. The SMILES string of the molecule is NCCCc1n[nH]c(COc2ccccc2F)n1. The Morgan fingerprint density at radius 3 is 2.94 bits per heavy atom. The number of aryl methyl sites for hydroxylation is 1. The molecule has 2 rings (SSSR count). The summed E-state index contributed by atoms with van der Waals surface area (Å²) in [7, 11) is 0. The van der Waals surface area contributed by atoms with Gasteiger partial charge in [0.1, 0.15) is 6.61 Å². The van der Waals surface area contributed by atoms with Crippen LogP contribution in [0.3, 0.4) is 0 Å². The quantitative estimate of drug-likeness (QED) is 0.812. The van der Waals surface area contributed by atoms with E-state index in [-0.39, 0.29) is 18.2 Å². The first-order valence-electron chi connectivity index (χ1n) is 5.77. The van der Waals surface area contributed by atoms with Gasteiger partial charge in [0.15, 0.2) is 23.2 Å². The van der Waals surface area contributed by atoms with Crippen LogP contribution >= 0.6 is 0 Å². The van der Waals surface area contributed by atoms with Gasteiger partial charge in [0, 0.05) is 6.42 Å². The van der Waals surface area contributed by atoms with E-state index in [0.29, 0.717) is 18.2 Å². The van der Waals surface area contributed by atoms with Crippen molar-refractivity contribution < 1.29 is 9.13 Å². The lowest BCUT2D eigenvalue weighted by Gasteiger charge is -2.03. The number of rotatable bonds is 6. The highest BCUT2D eigenvalue weighted by atomic mass is 19.1. The summed E-state index contributed by atoms with van der Waals surface area (Å²) in [6.45, 7) is 0.770. The Morgan fingerprint density at radius 2 is 2.17 bits per heavy atom. The molecular formula is C12H15FN4O. The molecule has 0 aliphatic rings. The van der Waals surface area contributed by atoms with Gasteiger partial charge in [-0.05, 0) is 25.1 Å². The average molecular weight is 250 g/mol. The van der Waals surface area contributed by atoms with Gasteiger partial charge < -0.3 is 10.5 Å². The highest BCUT2D eigenvalue weighted by Crippen LogP contribution is 2.16. The van der Waals surface area contributed by atoms with Crippen LogP contribution in [0.5, 0.6) is 5.75 Å². The third-order valence-electron chi connectivity index (χ3n) is 2.38. The van der Waals surface area contributed by atoms with E-state index in [1.165, 1.54) is 6.07 Å². The van der Waals surface area contributed by atoms with E-state index in [1.54, 1.807) is 18.2 Å². The molecule has 0 radical (unpaired) electrons.